The van der Waals surface area contributed by atoms with E-state index in [4.69, 9.17) is 0 Å². The van der Waals surface area contributed by atoms with Crippen LogP contribution in [0.1, 0.15) is 37.7 Å². The van der Waals surface area contributed by atoms with Crippen LogP contribution < -0.4 is 0 Å². The third kappa shape index (κ3) is 2.46. The number of hydrogen-bond acceptors (Lipinski definition) is 2. The van der Waals surface area contributed by atoms with Crippen molar-refractivity contribution < 1.29 is 8.42 Å². The van der Waals surface area contributed by atoms with Gasteiger partial charge in [0, 0.05) is 6.26 Å². The summed E-state index contributed by atoms with van der Waals surface area (Å²) in [6.45, 7) is 2.26. The Morgan fingerprint density at radius 1 is 1.25 bits per heavy atom. The van der Waals surface area contributed by atoms with Gasteiger partial charge in [0.1, 0.15) is 0 Å². The predicted molar refractivity (Wildman–Crippen MR) is 65.3 cm³/mol. The van der Waals surface area contributed by atoms with Gasteiger partial charge in [-0.2, -0.15) is 0 Å². The van der Waals surface area contributed by atoms with Crippen molar-refractivity contribution in [1.29, 1.82) is 0 Å². The van der Waals surface area contributed by atoms with E-state index in [9.17, 15) is 8.42 Å². The van der Waals surface area contributed by atoms with Crippen molar-refractivity contribution in [3.05, 3.63) is 29.8 Å². The average molecular weight is 238 g/mol. The molecule has 0 radical (unpaired) electrons. The van der Waals surface area contributed by atoms with Gasteiger partial charge in [-0.1, -0.05) is 25.5 Å². The molecular weight excluding hydrogens is 220 g/mol. The van der Waals surface area contributed by atoms with E-state index < -0.39 is 9.84 Å². The van der Waals surface area contributed by atoms with Crippen LogP contribution in [0.25, 0.3) is 0 Å². The van der Waals surface area contributed by atoms with Crippen LogP contribution in [-0.2, 0) is 9.84 Å². The van der Waals surface area contributed by atoms with E-state index in [1.54, 1.807) is 6.07 Å². The highest BCUT2D eigenvalue weighted by Gasteiger charge is 2.23. The first-order valence-electron chi connectivity index (χ1n) is 5.77. The number of sulfone groups is 1. The second-order valence-corrected chi connectivity index (χ2v) is 6.98. The summed E-state index contributed by atoms with van der Waals surface area (Å²) in [5.41, 5.74) is 1.19. The summed E-state index contributed by atoms with van der Waals surface area (Å²) in [7, 11) is -3.07. The lowest BCUT2D eigenvalue weighted by Crippen LogP contribution is -2.00. The Balaban J connectivity index is 2.30. The molecule has 0 amide bonds. The topological polar surface area (TPSA) is 34.1 Å². The van der Waals surface area contributed by atoms with Crippen LogP contribution in [0.2, 0.25) is 0 Å². The van der Waals surface area contributed by atoms with Crippen LogP contribution in [0.5, 0.6) is 0 Å². The highest BCUT2D eigenvalue weighted by molar-refractivity contribution is 7.90. The first kappa shape index (κ1) is 11.6. The molecule has 16 heavy (non-hydrogen) atoms. The smallest absolute Gasteiger partial charge is 0.175 e. The van der Waals surface area contributed by atoms with Gasteiger partial charge in [-0.25, -0.2) is 8.42 Å². The molecular formula is C13H18O2S. The van der Waals surface area contributed by atoms with E-state index in [0.29, 0.717) is 10.8 Å². The monoisotopic (exact) mass is 238 g/mol. The zero-order chi connectivity index (χ0) is 11.8. The minimum absolute atomic E-state index is 0.449. The molecule has 0 N–H and O–H groups in total. The molecule has 1 aromatic carbocycles. The molecule has 0 saturated heterocycles. The molecule has 1 unspecified atom stereocenters. The van der Waals surface area contributed by atoms with Crippen molar-refractivity contribution in [2.75, 3.05) is 6.26 Å². The van der Waals surface area contributed by atoms with Crippen molar-refractivity contribution in [3.8, 4) is 0 Å². The van der Waals surface area contributed by atoms with E-state index in [2.05, 4.69) is 13.0 Å². The van der Waals surface area contributed by atoms with Gasteiger partial charge in [0.25, 0.3) is 0 Å². The standard InChI is InChI=1S/C13H18O2S/c1-10-6-7-12(8-10)11-4-3-5-13(9-11)16(2,14)15/h3-5,9-10,12H,6-8H2,1-2H3/t10?,12-/m1/s1. The molecule has 2 atom stereocenters. The zero-order valence-corrected chi connectivity index (χ0v) is 10.6. The molecule has 88 valence electrons. The molecule has 0 heterocycles. The molecule has 2 nitrogen and oxygen atoms in total. The Morgan fingerprint density at radius 3 is 2.56 bits per heavy atom. The van der Waals surface area contributed by atoms with Crippen LogP contribution in [0.15, 0.2) is 29.2 Å². The van der Waals surface area contributed by atoms with Crippen LogP contribution >= 0.6 is 0 Å². The fraction of sp³-hybridized carbons (Fsp3) is 0.538. The van der Waals surface area contributed by atoms with Crippen molar-refractivity contribution in [1.82, 2.24) is 0 Å². The number of rotatable bonds is 2. The van der Waals surface area contributed by atoms with E-state index in [0.717, 1.165) is 5.92 Å². The van der Waals surface area contributed by atoms with Crippen LogP contribution in [0, 0.1) is 5.92 Å². The maximum absolute atomic E-state index is 11.5. The maximum atomic E-state index is 11.5. The Morgan fingerprint density at radius 2 is 2.00 bits per heavy atom. The predicted octanol–water partition coefficient (Wildman–Crippen LogP) is 2.99. The third-order valence-corrected chi connectivity index (χ3v) is 4.56. The lowest BCUT2D eigenvalue weighted by atomic mass is 9.97. The molecule has 0 aromatic heterocycles. The summed E-state index contributed by atoms with van der Waals surface area (Å²) >= 11 is 0. The summed E-state index contributed by atoms with van der Waals surface area (Å²) in [6, 6.07) is 7.43. The summed E-state index contributed by atoms with van der Waals surface area (Å²) in [5.74, 6) is 1.32. The van der Waals surface area contributed by atoms with Gasteiger partial charge in [-0.05, 0) is 42.4 Å². The molecule has 2 rings (SSSR count). The molecule has 1 aliphatic carbocycles. The molecule has 1 aromatic rings. The number of benzene rings is 1. The minimum atomic E-state index is -3.07. The Labute approximate surface area is 97.6 Å². The Kier molecular flexibility index (Phi) is 3.06. The summed E-state index contributed by atoms with van der Waals surface area (Å²) in [4.78, 5) is 0.449. The van der Waals surface area contributed by atoms with Gasteiger partial charge < -0.3 is 0 Å². The fourth-order valence-corrected chi connectivity index (χ4v) is 3.18. The Bertz CT molecular complexity index is 476. The van der Waals surface area contributed by atoms with Crippen LogP contribution in [0.4, 0.5) is 0 Å². The molecule has 3 heteroatoms. The summed E-state index contributed by atoms with van der Waals surface area (Å²) in [5, 5.41) is 0. The second-order valence-electron chi connectivity index (χ2n) is 4.96. The summed E-state index contributed by atoms with van der Waals surface area (Å²) in [6.07, 6.45) is 4.90. The van der Waals surface area contributed by atoms with Crippen molar-refractivity contribution in [3.63, 3.8) is 0 Å². The first-order chi connectivity index (χ1) is 7.47. The van der Waals surface area contributed by atoms with Gasteiger partial charge in [-0.3, -0.25) is 0 Å². The SMILES string of the molecule is CC1CC[C@@H](c2cccc(S(C)(=O)=O)c2)C1. The van der Waals surface area contributed by atoms with Crippen LogP contribution in [-0.4, -0.2) is 14.7 Å². The average Bonchev–Trinajstić information content (AvgIpc) is 2.64. The highest BCUT2D eigenvalue weighted by atomic mass is 32.2. The third-order valence-electron chi connectivity index (χ3n) is 3.45. The molecule has 0 spiro atoms. The summed E-state index contributed by atoms with van der Waals surface area (Å²) < 4.78 is 22.9. The Hall–Kier alpha value is -0.830. The fourth-order valence-electron chi connectivity index (χ4n) is 2.51. The molecule has 1 aliphatic rings. The first-order valence-corrected chi connectivity index (χ1v) is 7.66. The van der Waals surface area contributed by atoms with Gasteiger partial charge in [0.05, 0.1) is 4.90 Å². The normalized spacial score (nSPS) is 25.9. The van der Waals surface area contributed by atoms with E-state index in [-0.39, 0.29) is 0 Å². The van der Waals surface area contributed by atoms with Gasteiger partial charge in [-0.15, -0.1) is 0 Å². The highest BCUT2D eigenvalue weighted by Crippen LogP contribution is 2.38. The van der Waals surface area contributed by atoms with E-state index >= 15 is 0 Å². The second kappa shape index (κ2) is 4.21. The van der Waals surface area contributed by atoms with E-state index in [1.165, 1.54) is 31.1 Å². The molecule has 1 fully saturated rings. The van der Waals surface area contributed by atoms with Crippen molar-refractivity contribution >= 4 is 9.84 Å². The quantitative estimate of drug-likeness (QED) is 0.793. The minimum Gasteiger partial charge on any atom is -0.224 e. The van der Waals surface area contributed by atoms with Gasteiger partial charge in [0.15, 0.2) is 9.84 Å². The van der Waals surface area contributed by atoms with Crippen molar-refractivity contribution in [2.24, 2.45) is 5.92 Å². The van der Waals surface area contributed by atoms with Crippen molar-refractivity contribution in [2.45, 2.75) is 37.0 Å². The van der Waals surface area contributed by atoms with Crippen LogP contribution in [0.3, 0.4) is 0 Å². The largest absolute Gasteiger partial charge is 0.224 e. The molecule has 0 aliphatic heterocycles. The lowest BCUT2D eigenvalue weighted by molar-refractivity contribution is 0.594. The molecule has 0 bridgehead atoms. The van der Waals surface area contributed by atoms with E-state index in [1.807, 2.05) is 12.1 Å². The lowest BCUT2D eigenvalue weighted by Gasteiger charge is -2.11. The maximum Gasteiger partial charge on any atom is 0.175 e. The molecule has 1 saturated carbocycles. The zero-order valence-electron chi connectivity index (χ0n) is 9.81. The van der Waals surface area contributed by atoms with Gasteiger partial charge >= 0.3 is 0 Å². The van der Waals surface area contributed by atoms with Gasteiger partial charge in [0.2, 0.25) is 0 Å². The number of hydrogen-bond donors (Lipinski definition) is 0.